The summed E-state index contributed by atoms with van der Waals surface area (Å²) < 4.78 is 0. The summed E-state index contributed by atoms with van der Waals surface area (Å²) in [6.45, 7) is 2.24. The molecule has 2 heteroatoms. The van der Waals surface area contributed by atoms with Crippen LogP contribution in [0.15, 0.2) is 0 Å². The molecule has 0 aromatic rings. The van der Waals surface area contributed by atoms with Crippen LogP contribution in [-0.2, 0) is 0 Å². The summed E-state index contributed by atoms with van der Waals surface area (Å²) in [4.78, 5) is 0. The standard InChI is InChI=1S/C8H17Cl.Mg.2H/c1-2-3-4-5-6-7-8-9;;;/h2-8H2,1H3;;;/q;+2;2*-1. The van der Waals surface area contributed by atoms with E-state index < -0.39 is 0 Å². The summed E-state index contributed by atoms with van der Waals surface area (Å²) >= 11 is 5.51. The van der Waals surface area contributed by atoms with Gasteiger partial charge in [0.2, 0.25) is 0 Å². The third kappa shape index (κ3) is 11.8. The topological polar surface area (TPSA) is 0 Å². The Morgan fingerprint density at radius 1 is 1.00 bits per heavy atom. The van der Waals surface area contributed by atoms with Gasteiger partial charge in [-0.25, -0.2) is 0 Å². The van der Waals surface area contributed by atoms with Gasteiger partial charge in [-0.05, 0) is 6.42 Å². The molecule has 0 radical (unpaired) electrons. The fourth-order valence-electron chi connectivity index (χ4n) is 0.875. The van der Waals surface area contributed by atoms with Crippen LogP contribution in [-0.4, -0.2) is 28.9 Å². The average Bonchev–Trinajstić information content (AvgIpc) is 1.89. The summed E-state index contributed by atoms with van der Waals surface area (Å²) in [6, 6.07) is 0. The largest absolute Gasteiger partial charge is 2.00 e. The Bertz CT molecular complexity index is 50.3. The third-order valence-electron chi connectivity index (χ3n) is 1.49. The van der Waals surface area contributed by atoms with Crippen molar-refractivity contribution in [2.24, 2.45) is 0 Å². The summed E-state index contributed by atoms with van der Waals surface area (Å²) in [5.74, 6) is 0.839. The van der Waals surface area contributed by atoms with Crippen LogP contribution in [0.5, 0.6) is 0 Å². The minimum Gasteiger partial charge on any atom is -1.00 e. The zero-order valence-electron chi connectivity index (χ0n) is 9.03. The van der Waals surface area contributed by atoms with Crippen LogP contribution < -0.4 is 0 Å². The number of hydrogen-bond donors (Lipinski definition) is 0. The molecule has 0 heterocycles. The van der Waals surface area contributed by atoms with E-state index in [4.69, 9.17) is 11.6 Å². The minimum absolute atomic E-state index is 0. The van der Waals surface area contributed by atoms with Crippen LogP contribution in [0.2, 0.25) is 0 Å². The first-order valence-electron chi connectivity index (χ1n) is 3.97. The van der Waals surface area contributed by atoms with E-state index in [1.165, 1.54) is 38.5 Å². The first kappa shape index (κ1) is 13.6. The molecule has 0 saturated carbocycles. The molecular weight excluding hydrogens is 156 g/mol. The van der Waals surface area contributed by atoms with E-state index in [0.717, 1.165) is 5.88 Å². The Morgan fingerprint density at radius 2 is 1.50 bits per heavy atom. The van der Waals surface area contributed by atoms with E-state index in [1.807, 2.05) is 0 Å². The fraction of sp³-hybridized carbons (Fsp3) is 1.00. The predicted molar refractivity (Wildman–Crippen MR) is 52.1 cm³/mol. The van der Waals surface area contributed by atoms with Crippen molar-refractivity contribution >= 4 is 34.7 Å². The molecule has 0 rings (SSSR count). The first-order chi connectivity index (χ1) is 4.41. The molecule has 0 unspecified atom stereocenters. The van der Waals surface area contributed by atoms with Crippen molar-refractivity contribution in [2.45, 2.75) is 45.4 Å². The molecule has 0 aliphatic rings. The Hall–Kier alpha value is 1.06. The monoisotopic (exact) mass is 174 g/mol. The molecule has 0 aromatic carbocycles. The Kier molecular flexibility index (Phi) is 17.3. The maximum Gasteiger partial charge on any atom is 2.00 e. The zero-order valence-corrected chi connectivity index (χ0v) is 9.20. The second-order valence-electron chi connectivity index (χ2n) is 2.46. The zero-order chi connectivity index (χ0) is 6.95. The maximum atomic E-state index is 5.51. The van der Waals surface area contributed by atoms with Gasteiger partial charge in [0.25, 0.3) is 0 Å². The fourth-order valence-corrected chi connectivity index (χ4v) is 1.06. The first-order valence-corrected chi connectivity index (χ1v) is 4.51. The van der Waals surface area contributed by atoms with Gasteiger partial charge >= 0.3 is 23.1 Å². The average molecular weight is 175 g/mol. The predicted octanol–water partition coefficient (Wildman–Crippen LogP) is 3.43. The molecule has 0 spiro atoms. The van der Waals surface area contributed by atoms with Crippen LogP contribution in [0.3, 0.4) is 0 Å². The molecule has 0 atom stereocenters. The molecule has 0 bridgehead atoms. The van der Waals surface area contributed by atoms with Crippen LogP contribution in [0.25, 0.3) is 0 Å². The molecule has 0 nitrogen and oxygen atoms in total. The van der Waals surface area contributed by atoms with Gasteiger partial charge < -0.3 is 2.85 Å². The maximum absolute atomic E-state index is 5.51. The van der Waals surface area contributed by atoms with E-state index in [0.29, 0.717) is 0 Å². The molecule has 0 saturated heterocycles. The van der Waals surface area contributed by atoms with Crippen LogP contribution >= 0.6 is 11.6 Å². The van der Waals surface area contributed by atoms with Crippen molar-refractivity contribution in [3.05, 3.63) is 0 Å². The summed E-state index contributed by atoms with van der Waals surface area (Å²) in [5.41, 5.74) is 0. The van der Waals surface area contributed by atoms with Gasteiger partial charge in [-0.15, -0.1) is 11.6 Å². The molecular formula is C8H19ClMg. The molecule has 0 N–H and O–H groups in total. The SMILES string of the molecule is CCCCCCCCCl.[H-].[H-].[Mg+2]. The van der Waals surface area contributed by atoms with Crippen LogP contribution in [0, 0.1) is 0 Å². The van der Waals surface area contributed by atoms with Gasteiger partial charge in [0, 0.05) is 5.88 Å². The molecule has 0 aliphatic heterocycles. The van der Waals surface area contributed by atoms with E-state index in [9.17, 15) is 0 Å². The molecule has 0 aromatic heterocycles. The number of alkyl halides is 1. The second kappa shape index (κ2) is 12.7. The van der Waals surface area contributed by atoms with Gasteiger partial charge in [-0.3, -0.25) is 0 Å². The van der Waals surface area contributed by atoms with Crippen LogP contribution in [0.4, 0.5) is 0 Å². The Balaban J connectivity index is -0.000000107. The van der Waals surface area contributed by atoms with Crippen molar-refractivity contribution in [3.8, 4) is 0 Å². The summed E-state index contributed by atoms with van der Waals surface area (Å²) in [6.07, 6.45) is 8.02. The van der Waals surface area contributed by atoms with E-state index in [2.05, 4.69) is 6.92 Å². The normalized spacial score (nSPS) is 9.00. The van der Waals surface area contributed by atoms with Gasteiger partial charge in [0.15, 0.2) is 0 Å². The Labute approximate surface area is 88.8 Å². The number of halogens is 1. The van der Waals surface area contributed by atoms with Crippen molar-refractivity contribution in [3.63, 3.8) is 0 Å². The Morgan fingerprint density at radius 3 is 2.00 bits per heavy atom. The number of unbranched alkanes of at least 4 members (excludes halogenated alkanes) is 5. The minimum atomic E-state index is 0. The molecule has 60 valence electrons. The molecule has 0 amide bonds. The van der Waals surface area contributed by atoms with E-state index >= 15 is 0 Å². The van der Waals surface area contributed by atoms with E-state index in [1.54, 1.807) is 0 Å². The van der Waals surface area contributed by atoms with E-state index in [-0.39, 0.29) is 25.9 Å². The second-order valence-corrected chi connectivity index (χ2v) is 2.83. The molecule has 0 fully saturated rings. The van der Waals surface area contributed by atoms with Crippen molar-refractivity contribution in [2.75, 3.05) is 5.88 Å². The smallest absolute Gasteiger partial charge is 1.00 e. The van der Waals surface area contributed by atoms with Crippen molar-refractivity contribution in [1.82, 2.24) is 0 Å². The summed E-state index contributed by atoms with van der Waals surface area (Å²) in [5, 5.41) is 0. The van der Waals surface area contributed by atoms with Crippen molar-refractivity contribution in [1.29, 1.82) is 0 Å². The third-order valence-corrected chi connectivity index (χ3v) is 1.75. The number of hydrogen-bond acceptors (Lipinski definition) is 0. The van der Waals surface area contributed by atoms with Crippen molar-refractivity contribution < 1.29 is 2.85 Å². The summed E-state index contributed by atoms with van der Waals surface area (Å²) in [7, 11) is 0. The van der Waals surface area contributed by atoms with Gasteiger partial charge in [-0.1, -0.05) is 39.0 Å². The number of rotatable bonds is 6. The quantitative estimate of drug-likeness (QED) is 0.329. The molecule has 10 heavy (non-hydrogen) atoms. The van der Waals surface area contributed by atoms with Gasteiger partial charge in [0.1, 0.15) is 0 Å². The van der Waals surface area contributed by atoms with Gasteiger partial charge in [-0.2, -0.15) is 0 Å². The van der Waals surface area contributed by atoms with Gasteiger partial charge in [0.05, 0.1) is 0 Å². The molecule has 0 aliphatic carbocycles. The van der Waals surface area contributed by atoms with Crippen LogP contribution in [0.1, 0.15) is 48.3 Å².